The first-order valence-corrected chi connectivity index (χ1v) is 6.23. The molecule has 1 aromatic carbocycles. The number of carboxylic acid groups (broad SMARTS) is 1. The van der Waals surface area contributed by atoms with Crippen LogP contribution in [0, 0.1) is 0 Å². The topological polar surface area (TPSA) is 85.4 Å². The number of hydrogen-bond acceptors (Lipinski definition) is 5. The maximum absolute atomic E-state index is 10.9. The van der Waals surface area contributed by atoms with Crippen LogP contribution >= 0.6 is 11.8 Å². The SMILES string of the molecule is COc1cccc(Sc2nc(C(=O)O)ccc2N)c1. The third-order valence-corrected chi connectivity index (χ3v) is 3.37. The molecule has 0 spiro atoms. The van der Waals surface area contributed by atoms with Gasteiger partial charge in [-0.05, 0) is 30.3 Å². The highest BCUT2D eigenvalue weighted by atomic mass is 32.2. The summed E-state index contributed by atoms with van der Waals surface area (Å²) in [5.41, 5.74) is 6.21. The normalized spacial score (nSPS) is 10.2. The molecule has 0 saturated carbocycles. The quantitative estimate of drug-likeness (QED) is 0.892. The van der Waals surface area contributed by atoms with Crippen molar-refractivity contribution in [2.24, 2.45) is 0 Å². The minimum Gasteiger partial charge on any atom is -0.497 e. The van der Waals surface area contributed by atoms with E-state index in [1.165, 1.54) is 17.8 Å². The van der Waals surface area contributed by atoms with Crippen LogP contribution in [-0.2, 0) is 0 Å². The molecule has 0 aliphatic heterocycles. The molecule has 0 aliphatic carbocycles. The Labute approximate surface area is 114 Å². The van der Waals surface area contributed by atoms with Crippen LogP contribution in [-0.4, -0.2) is 23.2 Å². The van der Waals surface area contributed by atoms with Crippen molar-refractivity contribution in [3.63, 3.8) is 0 Å². The van der Waals surface area contributed by atoms with E-state index in [9.17, 15) is 4.79 Å². The van der Waals surface area contributed by atoms with Crippen LogP contribution in [0.5, 0.6) is 5.75 Å². The van der Waals surface area contributed by atoms with Crippen molar-refractivity contribution in [2.75, 3.05) is 12.8 Å². The first-order valence-electron chi connectivity index (χ1n) is 5.42. The molecule has 5 nitrogen and oxygen atoms in total. The summed E-state index contributed by atoms with van der Waals surface area (Å²) in [7, 11) is 1.58. The lowest BCUT2D eigenvalue weighted by Gasteiger charge is -2.06. The predicted octanol–water partition coefficient (Wildman–Crippen LogP) is 2.52. The number of ether oxygens (including phenoxy) is 1. The third kappa shape index (κ3) is 3.17. The van der Waals surface area contributed by atoms with Crippen molar-refractivity contribution in [1.82, 2.24) is 4.98 Å². The summed E-state index contributed by atoms with van der Waals surface area (Å²) < 4.78 is 5.13. The Morgan fingerprint density at radius 1 is 1.37 bits per heavy atom. The minimum absolute atomic E-state index is 0.0282. The molecule has 98 valence electrons. The van der Waals surface area contributed by atoms with Gasteiger partial charge >= 0.3 is 5.97 Å². The van der Waals surface area contributed by atoms with Crippen LogP contribution in [0.2, 0.25) is 0 Å². The molecule has 0 bridgehead atoms. The fourth-order valence-electron chi connectivity index (χ4n) is 1.43. The largest absolute Gasteiger partial charge is 0.497 e. The lowest BCUT2D eigenvalue weighted by atomic mass is 10.3. The summed E-state index contributed by atoms with van der Waals surface area (Å²) in [5.74, 6) is -0.356. The molecular formula is C13H12N2O3S. The van der Waals surface area contributed by atoms with E-state index in [-0.39, 0.29) is 5.69 Å². The van der Waals surface area contributed by atoms with E-state index in [0.29, 0.717) is 10.7 Å². The second kappa shape index (κ2) is 5.62. The van der Waals surface area contributed by atoms with Gasteiger partial charge in [0, 0.05) is 4.90 Å². The molecule has 0 saturated heterocycles. The molecule has 0 radical (unpaired) electrons. The fourth-order valence-corrected chi connectivity index (χ4v) is 2.30. The molecule has 2 aromatic rings. The highest BCUT2D eigenvalue weighted by Crippen LogP contribution is 2.32. The second-order valence-electron chi connectivity index (χ2n) is 3.68. The van der Waals surface area contributed by atoms with Gasteiger partial charge in [-0.1, -0.05) is 17.8 Å². The molecule has 0 fully saturated rings. The van der Waals surface area contributed by atoms with E-state index in [2.05, 4.69) is 4.98 Å². The van der Waals surface area contributed by atoms with E-state index in [1.54, 1.807) is 13.2 Å². The van der Waals surface area contributed by atoms with Gasteiger partial charge in [-0.25, -0.2) is 9.78 Å². The van der Waals surface area contributed by atoms with Gasteiger partial charge < -0.3 is 15.6 Å². The number of carbonyl (C=O) groups is 1. The van der Waals surface area contributed by atoms with Crippen LogP contribution in [0.3, 0.4) is 0 Å². The van der Waals surface area contributed by atoms with Gasteiger partial charge in [0.15, 0.2) is 0 Å². The van der Waals surface area contributed by atoms with Gasteiger partial charge in [-0.3, -0.25) is 0 Å². The number of aromatic carboxylic acids is 1. The molecule has 0 aliphatic rings. The van der Waals surface area contributed by atoms with Crippen LogP contribution in [0.15, 0.2) is 46.3 Å². The molecule has 0 atom stereocenters. The molecule has 1 aromatic heterocycles. The van der Waals surface area contributed by atoms with Crippen LogP contribution < -0.4 is 10.5 Å². The van der Waals surface area contributed by atoms with Crippen LogP contribution in [0.25, 0.3) is 0 Å². The van der Waals surface area contributed by atoms with E-state index in [0.717, 1.165) is 10.6 Å². The summed E-state index contributed by atoms with van der Waals surface area (Å²) in [6, 6.07) is 10.3. The Balaban J connectivity index is 2.31. The zero-order valence-electron chi connectivity index (χ0n) is 10.2. The lowest BCUT2D eigenvalue weighted by Crippen LogP contribution is -2.02. The highest BCUT2D eigenvalue weighted by Gasteiger charge is 2.10. The summed E-state index contributed by atoms with van der Waals surface area (Å²) >= 11 is 1.30. The molecule has 1 heterocycles. The van der Waals surface area contributed by atoms with Gasteiger partial charge in [0.05, 0.1) is 12.8 Å². The van der Waals surface area contributed by atoms with Crippen LogP contribution in [0.1, 0.15) is 10.5 Å². The van der Waals surface area contributed by atoms with Crippen molar-refractivity contribution in [2.45, 2.75) is 9.92 Å². The number of carboxylic acids is 1. The van der Waals surface area contributed by atoms with E-state index < -0.39 is 5.97 Å². The summed E-state index contributed by atoms with van der Waals surface area (Å²) in [6.45, 7) is 0. The van der Waals surface area contributed by atoms with Crippen molar-refractivity contribution in [3.8, 4) is 5.75 Å². The smallest absolute Gasteiger partial charge is 0.354 e. The summed E-state index contributed by atoms with van der Waals surface area (Å²) in [5, 5.41) is 9.38. The maximum atomic E-state index is 10.9. The number of hydrogen-bond donors (Lipinski definition) is 2. The van der Waals surface area contributed by atoms with Crippen molar-refractivity contribution < 1.29 is 14.6 Å². The minimum atomic E-state index is -1.08. The van der Waals surface area contributed by atoms with Gasteiger partial charge in [0.25, 0.3) is 0 Å². The van der Waals surface area contributed by atoms with Gasteiger partial charge in [-0.15, -0.1) is 0 Å². The molecular weight excluding hydrogens is 264 g/mol. The van der Waals surface area contributed by atoms with Crippen LogP contribution in [0.4, 0.5) is 5.69 Å². The third-order valence-electron chi connectivity index (χ3n) is 2.36. The first kappa shape index (κ1) is 13.2. The average Bonchev–Trinajstić information content (AvgIpc) is 2.41. The average molecular weight is 276 g/mol. The van der Waals surface area contributed by atoms with Gasteiger partial charge in [0.2, 0.25) is 0 Å². The molecule has 2 rings (SSSR count). The monoisotopic (exact) mass is 276 g/mol. The van der Waals surface area contributed by atoms with E-state index in [4.69, 9.17) is 15.6 Å². The Morgan fingerprint density at radius 3 is 2.84 bits per heavy atom. The zero-order chi connectivity index (χ0) is 13.8. The Morgan fingerprint density at radius 2 is 2.16 bits per heavy atom. The van der Waals surface area contributed by atoms with E-state index >= 15 is 0 Å². The fraction of sp³-hybridized carbons (Fsp3) is 0.0769. The number of nitrogens with two attached hydrogens (primary N) is 1. The summed E-state index contributed by atoms with van der Waals surface area (Å²) in [6.07, 6.45) is 0. The molecule has 3 N–H and O–H groups in total. The standard InChI is InChI=1S/C13H12N2O3S/c1-18-8-3-2-4-9(7-8)19-12-10(14)5-6-11(15-12)13(16)17/h2-7H,14H2,1H3,(H,16,17). The second-order valence-corrected chi connectivity index (χ2v) is 4.74. The number of methoxy groups -OCH3 is 1. The molecule has 19 heavy (non-hydrogen) atoms. The Kier molecular flexibility index (Phi) is 3.91. The van der Waals surface area contributed by atoms with Gasteiger partial charge in [-0.2, -0.15) is 0 Å². The number of pyridine rings is 1. The number of nitrogens with zero attached hydrogens (tertiary/aromatic N) is 1. The van der Waals surface area contributed by atoms with Crippen molar-refractivity contribution >= 4 is 23.4 Å². The van der Waals surface area contributed by atoms with E-state index in [1.807, 2.05) is 24.3 Å². The number of benzene rings is 1. The Hall–Kier alpha value is -2.21. The number of rotatable bonds is 4. The predicted molar refractivity (Wildman–Crippen MR) is 72.7 cm³/mol. The highest BCUT2D eigenvalue weighted by molar-refractivity contribution is 7.99. The first-order chi connectivity index (χ1) is 9.10. The number of anilines is 1. The zero-order valence-corrected chi connectivity index (χ0v) is 11.0. The maximum Gasteiger partial charge on any atom is 0.354 e. The van der Waals surface area contributed by atoms with Gasteiger partial charge in [0.1, 0.15) is 16.5 Å². The lowest BCUT2D eigenvalue weighted by molar-refractivity contribution is 0.0690. The molecule has 6 heteroatoms. The van der Waals surface area contributed by atoms with Crippen molar-refractivity contribution in [1.29, 1.82) is 0 Å². The molecule has 0 amide bonds. The number of aromatic nitrogens is 1. The van der Waals surface area contributed by atoms with Crippen molar-refractivity contribution in [3.05, 3.63) is 42.1 Å². The molecule has 0 unspecified atom stereocenters. The number of nitrogen functional groups attached to an aromatic ring is 1. The summed E-state index contributed by atoms with van der Waals surface area (Å²) in [4.78, 5) is 15.8. The Bertz CT molecular complexity index is 617.